The van der Waals surface area contributed by atoms with Gasteiger partial charge in [0.25, 0.3) is 0 Å². The van der Waals surface area contributed by atoms with E-state index in [0.717, 1.165) is 18.7 Å². The summed E-state index contributed by atoms with van der Waals surface area (Å²) in [6.07, 6.45) is 3.96. The molecule has 0 bridgehead atoms. The number of hydrogen-bond donors (Lipinski definition) is 1. The lowest BCUT2D eigenvalue weighted by atomic mass is 9.85. The van der Waals surface area contributed by atoms with Crippen molar-refractivity contribution < 1.29 is 8.42 Å². The summed E-state index contributed by atoms with van der Waals surface area (Å²) in [6, 6.07) is 3.76. The normalized spacial score (nSPS) is 28.7. The second-order valence-corrected chi connectivity index (χ2v) is 8.64. The molecular formula is C15H23N3O2S. The van der Waals surface area contributed by atoms with E-state index in [4.69, 9.17) is 0 Å². The van der Waals surface area contributed by atoms with E-state index in [9.17, 15) is 8.42 Å². The van der Waals surface area contributed by atoms with Gasteiger partial charge in [0.1, 0.15) is 0 Å². The van der Waals surface area contributed by atoms with Crippen LogP contribution in [0.4, 0.5) is 0 Å². The zero-order valence-corrected chi connectivity index (χ0v) is 13.4. The number of hydrogen-bond acceptors (Lipinski definition) is 4. The van der Waals surface area contributed by atoms with Gasteiger partial charge in [0, 0.05) is 31.0 Å². The van der Waals surface area contributed by atoms with Crippen molar-refractivity contribution in [1.29, 1.82) is 0 Å². The van der Waals surface area contributed by atoms with Gasteiger partial charge < -0.3 is 5.32 Å². The maximum Gasteiger partial charge on any atom is 0.214 e. The van der Waals surface area contributed by atoms with Crippen molar-refractivity contribution in [1.82, 2.24) is 14.6 Å². The molecule has 0 saturated carbocycles. The molecule has 1 aromatic rings. The third-order valence-electron chi connectivity index (χ3n) is 5.02. The highest BCUT2D eigenvalue weighted by atomic mass is 32.2. The van der Waals surface area contributed by atoms with Gasteiger partial charge in [-0.1, -0.05) is 0 Å². The van der Waals surface area contributed by atoms with Crippen LogP contribution in [0.3, 0.4) is 0 Å². The maximum atomic E-state index is 12.7. The van der Waals surface area contributed by atoms with E-state index in [1.54, 1.807) is 16.7 Å². The van der Waals surface area contributed by atoms with Gasteiger partial charge in [0.15, 0.2) is 0 Å². The van der Waals surface area contributed by atoms with Gasteiger partial charge in [-0.2, -0.15) is 4.31 Å². The number of nitrogens with one attached hydrogen (secondary N) is 1. The Balaban J connectivity index is 1.73. The van der Waals surface area contributed by atoms with E-state index in [-0.39, 0.29) is 11.3 Å². The molecule has 2 saturated heterocycles. The molecule has 2 aliphatic rings. The Labute approximate surface area is 126 Å². The highest BCUT2D eigenvalue weighted by Gasteiger charge is 2.53. The number of sulfonamides is 1. The Hall–Kier alpha value is -0.980. The minimum Gasteiger partial charge on any atom is -0.316 e. The molecule has 6 heteroatoms. The molecule has 0 radical (unpaired) electrons. The van der Waals surface area contributed by atoms with Crippen LogP contribution >= 0.6 is 0 Å². The van der Waals surface area contributed by atoms with Crippen LogP contribution in [0.2, 0.25) is 0 Å². The summed E-state index contributed by atoms with van der Waals surface area (Å²) in [5, 5.41) is 3.38. The molecule has 1 N–H and O–H groups in total. The van der Waals surface area contributed by atoms with Crippen LogP contribution in [-0.2, 0) is 16.4 Å². The minimum absolute atomic E-state index is 0.174. The molecule has 5 nitrogen and oxygen atoms in total. The maximum absolute atomic E-state index is 12.7. The summed E-state index contributed by atoms with van der Waals surface area (Å²) < 4.78 is 27.2. The summed E-state index contributed by atoms with van der Waals surface area (Å²) in [6.45, 7) is 6.64. The van der Waals surface area contributed by atoms with Gasteiger partial charge in [-0.15, -0.1) is 0 Å². The molecule has 116 valence electrons. The lowest BCUT2D eigenvalue weighted by Crippen LogP contribution is -2.48. The Kier molecular flexibility index (Phi) is 3.80. The van der Waals surface area contributed by atoms with Crippen LogP contribution in [0.25, 0.3) is 0 Å². The lowest BCUT2D eigenvalue weighted by molar-refractivity contribution is 0.233. The fourth-order valence-corrected chi connectivity index (χ4v) is 5.75. The fourth-order valence-electron chi connectivity index (χ4n) is 3.76. The smallest absolute Gasteiger partial charge is 0.214 e. The molecule has 0 spiro atoms. The highest BCUT2D eigenvalue weighted by Crippen LogP contribution is 2.42. The van der Waals surface area contributed by atoms with Crippen LogP contribution in [0.1, 0.15) is 19.4 Å². The van der Waals surface area contributed by atoms with Crippen molar-refractivity contribution in [3.05, 3.63) is 30.1 Å². The SMILES string of the molecule is CC1(C)C2CNCC2CN1S(=O)(=O)CCc1ccncc1. The molecule has 2 atom stereocenters. The molecule has 21 heavy (non-hydrogen) atoms. The molecule has 0 aliphatic carbocycles. The zero-order valence-electron chi connectivity index (χ0n) is 12.6. The van der Waals surface area contributed by atoms with Crippen LogP contribution in [0.15, 0.2) is 24.5 Å². The minimum atomic E-state index is -3.22. The fraction of sp³-hybridized carbons (Fsp3) is 0.667. The molecule has 0 amide bonds. The van der Waals surface area contributed by atoms with E-state index >= 15 is 0 Å². The van der Waals surface area contributed by atoms with Crippen LogP contribution in [0.5, 0.6) is 0 Å². The number of pyridine rings is 1. The standard InChI is InChI=1S/C15H23N3O2S/c1-15(2)14-10-17-9-13(14)11-18(15)21(19,20)8-5-12-3-6-16-7-4-12/h3-4,6-7,13-14,17H,5,8-11H2,1-2H3. The number of aromatic nitrogens is 1. The molecule has 2 fully saturated rings. The summed E-state index contributed by atoms with van der Waals surface area (Å²) in [5.41, 5.74) is 0.734. The highest BCUT2D eigenvalue weighted by molar-refractivity contribution is 7.89. The zero-order chi connectivity index (χ0) is 15.1. The first kappa shape index (κ1) is 14.9. The van der Waals surface area contributed by atoms with Crippen molar-refractivity contribution in [2.75, 3.05) is 25.4 Å². The number of nitrogens with zero attached hydrogens (tertiary/aromatic N) is 2. The van der Waals surface area contributed by atoms with E-state index in [2.05, 4.69) is 24.1 Å². The van der Waals surface area contributed by atoms with Crippen molar-refractivity contribution in [2.45, 2.75) is 25.8 Å². The van der Waals surface area contributed by atoms with E-state index in [1.807, 2.05) is 12.1 Å². The summed E-state index contributed by atoms with van der Waals surface area (Å²) in [7, 11) is -3.22. The number of fused-ring (bicyclic) bond motifs is 1. The van der Waals surface area contributed by atoms with E-state index < -0.39 is 10.0 Å². The third-order valence-corrected chi connectivity index (χ3v) is 7.04. The molecule has 1 aromatic heterocycles. The van der Waals surface area contributed by atoms with Crippen molar-refractivity contribution in [3.63, 3.8) is 0 Å². The first-order valence-electron chi connectivity index (χ1n) is 7.51. The van der Waals surface area contributed by atoms with Gasteiger partial charge in [-0.3, -0.25) is 4.98 Å². The van der Waals surface area contributed by atoms with Crippen LogP contribution in [0, 0.1) is 11.8 Å². The molecule has 3 heterocycles. The van der Waals surface area contributed by atoms with Gasteiger partial charge in [-0.05, 0) is 56.3 Å². The first-order valence-corrected chi connectivity index (χ1v) is 9.12. The largest absolute Gasteiger partial charge is 0.316 e. The predicted molar refractivity (Wildman–Crippen MR) is 82.4 cm³/mol. The quantitative estimate of drug-likeness (QED) is 0.897. The Morgan fingerprint density at radius 1 is 1.33 bits per heavy atom. The van der Waals surface area contributed by atoms with E-state index in [1.165, 1.54) is 0 Å². The predicted octanol–water partition coefficient (Wildman–Crippen LogP) is 0.884. The van der Waals surface area contributed by atoms with Crippen molar-refractivity contribution in [3.8, 4) is 0 Å². The number of rotatable bonds is 4. The molecule has 3 rings (SSSR count). The molecule has 0 aromatic carbocycles. The second-order valence-electron chi connectivity index (χ2n) is 6.63. The Bertz CT molecular complexity index is 601. The van der Waals surface area contributed by atoms with Crippen molar-refractivity contribution in [2.24, 2.45) is 11.8 Å². The van der Waals surface area contributed by atoms with Gasteiger partial charge in [0.2, 0.25) is 10.0 Å². The summed E-state index contributed by atoms with van der Waals surface area (Å²) in [5.74, 6) is 1.05. The second kappa shape index (κ2) is 5.34. The van der Waals surface area contributed by atoms with Crippen LogP contribution < -0.4 is 5.32 Å². The molecule has 2 aliphatic heterocycles. The molecule has 2 unspecified atom stereocenters. The topological polar surface area (TPSA) is 62.3 Å². The summed E-state index contributed by atoms with van der Waals surface area (Å²) in [4.78, 5) is 3.96. The molecular weight excluding hydrogens is 286 g/mol. The van der Waals surface area contributed by atoms with E-state index in [0.29, 0.717) is 24.8 Å². The van der Waals surface area contributed by atoms with Crippen LogP contribution in [-0.4, -0.2) is 48.6 Å². The Morgan fingerprint density at radius 2 is 2.05 bits per heavy atom. The van der Waals surface area contributed by atoms with Gasteiger partial charge in [0.05, 0.1) is 5.75 Å². The monoisotopic (exact) mass is 309 g/mol. The number of aryl methyl sites for hydroxylation is 1. The average molecular weight is 309 g/mol. The average Bonchev–Trinajstić information content (AvgIpc) is 3.01. The van der Waals surface area contributed by atoms with Crippen molar-refractivity contribution >= 4 is 10.0 Å². The third kappa shape index (κ3) is 2.72. The van der Waals surface area contributed by atoms with Gasteiger partial charge >= 0.3 is 0 Å². The summed E-state index contributed by atoms with van der Waals surface area (Å²) >= 11 is 0. The lowest BCUT2D eigenvalue weighted by Gasteiger charge is -2.34. The first-order chi connectivity index (χ1) is 9.91. The van der Waals surface area contributed by atoms with Gasteiger partial charge in [-0.25, -0.2) is 8.42 Å². The Morgan fingerprint density at radius 3 is 2.71 bits per heavy atom.